The second kappa shape index (κ2) is 10.5. The van der Waals surface area contributed by atoms with Gasteiger partial charge in [-0.1, -0.05) is 0 Å². The van der Waals surface area contributed by atoms with Crippen LogP contribution in [0.25, 0.3) is 32.7 Å². The molecule has 6 rings (SSSR count). The topological polar surface area (TPSA) is 0 Å². The van der Waals surface area contributed by atoms with Crippen LogP contribution in [-0.2, 0) is 23.2 Å². The molecule has 0 saturated heterocycles. The molecule has 2 aliphatic rings. The summed E-state index contributed by atoms with van der Waals surface area (Å²) in [6.07, 6.45) is 8.92. The summed E-state index contributed by atoms with van der Waals surface area (Å²) in [7, 11) is 0. The van der Waals surface area contributed by atoms with Crippen LogP contribution in [0.1, 0.15) is 11.1 Å². The van der Waals surface area contributed by atoms with E-state index in [0.29, 0.717) is 0 Å². The minimum Gasteiger partial charge on any atom is -0.147 e. The van der Waals surface area contributed by atoms with Gasteiger partial charge in [0.2, 0.25) is 0 Å². The third-order valence-electron chi connectivity index (χ3n) is 6.49. The maximum Gasteiger partial charge on any atom is -0.147 e. The summed E-state index contributed by atoms with van der Waals surface area (Å²) in [4.78, 5) is 0. The molecule has 0 saturated carbocycles. The maximum absolute atomic E-state index is 4.43. The number of hydrogen-bond acceptors (Lipinski definition) is 0. The first kappa shape index (κ1) is 25.4. The monoisotopic (exact) mass is 568 g/mol. The van der Waals surface area contributed by atoms with E-state index in [1.54, 1.807) is 0 Å². The van der Waals surface area contributed by atoms with Crippen LogP contribution < -0.4 is 0 Å². The van der Waals surface area contributed by atoms with E-state index in [-0.39, 0.29) is 24.8 Å². The number of hydrogen-bond donors (Lipinski definition) is 0. The zero-order chi connectivity index (χ0) is 22.4. The summed E-state index contributed by atoms with van der Waals surface area (Å²) in [6, 6.07) is 30.5. The summed E-state index contributed by atoms with van der Waals surface area (Å²) in [5, 5.41) is 5.16. The van der Waals surface area contributed by atoms with Gasteiger partial charge in [0.15, 0.2) is 0 Å². The van der Waals surface area contributed by atoms with E-state index >= 15 is 0 Å². The van der Waals surface area contributed by atoms with Crippen molar-refractivity contribution in [3.8, 4) is 0 Å². The molecule has 0 heterocycles. The van der Waals surface area contributed by atoms with Gasteiger partial charge in [0.25, 0.3) is 0 Å². The molecule has 0 aromatic heterocycles. The van der Waals surface area contributed by atoms with Crippen LogP contribution >= 0.6 is 24.8 Å². The summed E-state index contributed by atoms with van der Waals surface area (Å²) in [5.41, 5.74) is 7.62. The quantitative estimate of drug-likeness (QED) is 0.229. The van der Waals surface area contributed by atoms with E-state index in [1.807, 2.05) is 0 Å². The van der Waals surface area contributed by atoms with Gasteiger partial charge in [-0.15, -0.1) is 24.8 Å². The Hall–Kier alpha value is -2.70. The molecule has 4 aromatic carbocycles. The number of rotatable bonds is 4. The van der Waals surface area contributed by atoms with Crippen LogP contribution in [0.3, 0.4) is 0 Å². The smallest absolute Gasteiger partial charge is 0.147 e. The molecule has 0 radical (unpaired) electrons. The number of benzene rings is 4. The fourth-order valence-corrected chi connectivity index (χ4v) is 8.38. The zero-order valence-corrected chi connectivity index (χ0v) is 23.2. The molecule has 0 nitrogen and oxygen atoms in total. The summed E-state index contributed by atoms with van der Waals surface area (Å²) in [5.74, 6) is 0. The molecule has 3 heteroatoms. The molecule has 0 aliphatic heterocycles. The van der Waals surface area contributed by atoms with E-state index in [1.165, 1.54) is 50.4 Å². The Morgan fingerprint density at radius 1 is 0.457 bits per heavy atom. The van der Waals surface area contributed by atoms with Crippen molar-refractivity contribution >= 4 is 57.5 Å². The van der Waals surface area contributed by atoms with Crippen LogP contribution in [-0.4, -0.2) is 0 Å². The average molecular weight is 571 g/mol. The van der Waals surface area contributed by atoms with Crippen molar-refractivity contribution in [2.24, 2.45) is 0 Å². The van der Waals surface area contributed by atoms with Crippen molar-refractivity contribution in [1.29, 1.82) is 0 Å². The van der Waals surface area contributed by atoms with Crippen molar-refractivity contribution in [1.82, 2.24) is 0 Å². The average Bonchev–Trinajstić information content (AvgIpc) is 3.41. The van der Waals surface area contributed by atoms with Crippen LogP contribution in [0, 0.1) is 0 Å². The van der Waals surface area contributed by atoms with Crippen molar-refractivity contribution in [3.05, 3.63) is 151 Å². The van der Waals surface area contributed by atoms with Gasteiger partial charge >= 0.3 is 207 Å². The van der Waals surface area contributed by atoms with Crippen LogP contribution in [0.5, 0.6) is 0 Å². The molecule has 0 bridgehead atoms. The fraction of sp³-hybridized carbons (Fsp3) is 0. The standard InChI is InChI=1S/2C16H11.2ClH.Zr/c2*1-12-9-10-14(11-12)16-8-4-6-13-5-2-3-7-15(13)16;;;/h2*2-10H,1H2;2*1H;. The third-order valence-corrected chi connectivity index (χ3v) is 10.6. The Balaban J connectivity index is 0.00000144. The molecule has 0 amide bonds. The Kier molecular flexibility index (Phi) is 7.62. The SMILES string of the molecule is C=C1C=CC(c2cccc3ccccc23)=[C]1[Zr][C]1=C(c2cccc3ccccc23)C=CC1=C.Cl.Cl. The molecule has 0 unspecified atom stereocenters. The van der Waals surface area contributed by atoms with Gasteiger partial charge in [0, 0.05) is 0 Å². The van der Waals surface area contributed by atoms with Crippen molar-refractivity contribution in [3.63, 3.8) is 0 Å². The molecule has 0 atom stereocenters. The Morgan fingerprint density at radius 2 is 0.857 bits per heavy atom. The largest absolute Gasteiger partial charge is 0.147 e. The molecular formula is C32H24Cl2Zr. The predicted molar refractivity (Wildman–Crippen MR) is 153 cm³/mol. The maximum atomic E-state index is 4.43. The van der Waals surface area contributed by atoms with E-state index < -0.39 is 23.2 Å². The molecule has 2 aliphatic carbocycles. The molecular weight excluding hydrogens is 546 g/mol. The molecule has 170 valence electrons. The van der Waals surface area contributed by atoms with E-state index in [2.05, 4.69) is 122 Å². The van der Waals surface area contributed by atoms with Crippen LogP contribution in [0.4, 0.5) is 0 Å². The normalized spacial score (nSPS) is 14.6. The summed E-state index contributed by atoms with van der Waals surface area (Å²) < 4.78 is 2.90. The van der Waals surface area contributed by atoms with Gasteiger partial charge < -0.3 is 0 Å². The predicted octanol–water partition coefficient (Wildman–Crippen LogP) is 9.29. The number of halogens is 2. The minimum atomic E-state index is -1.17. The molecule has 0 fully saturated rings. The van der Waals surface area contributed by atoms with Crippen LogP contribution in [0.2, 0.25) is 0 Å². The van der Waals surface area contributed by atoms with Gasteiger partial charge in [-0.25, -0.2) is 0 Å². The fourth-order valence-electron chi connectivity index (χ4n) is 4.84. The Morgan fingerprint density at radius 3 is 1.31 bits per heavy atom. The van der Waals surface area contributed by atoms with Gasteiger partial charge in [0.05, 0.1) is 0 Å². The first-order chi connectivity index (χ1) is 16.2. The van der Waals surface area contributed by atoms with Crippen molar-refractivity contribution in [2.45, 2.75) is 0 Å². The van der Waals surface area contributed by atoms with Gasteiger partial charge in [-0.2, -0.15) is 0 Å². The molecule has 35 heavy (non-hydrogen) atoms. The Labute approximate surface area is 230 Å². The number of fused-ring (bicyclic) bond motifs is 2. The summed E-state index contributed by atoms with van der Waals surface area (Å²) in [6.45, 7) is 8.86. The number of allylic oxidation sites excluding steroid dienone is 10. The molecule has 0 spiro atoms. The van der Waals surface area contributed by atoms with E-state index in [9.17, 15) is 0 Å². The molecule has 4 aromatic rings. The summed E-state index contributed by atoms with van der Waals surface area (Å²) >= 11 is -1.17. The third kappa shape index (κ3) is 4.50. The van der Waals surface area contributed by atoms with Crippen LogP contribution in [0.15, 0.2) is 140 Å². The minimum absolute atomic E-state index is 0. The first-order valence-electron chi connectivity index (χ1n) is 11.2. The second-order valence-electron chi connectivity index (χ2n) is 8.47. The molecule has 0 N–H and O–H groups in total. The van der Waals surface area contributed by atoms with E-state index in [0.717, 1.165) is 11.1 Å². The van der Waals surface area contributed by atoms with Gasteiger partial charge in [0.1, 0.15) is 0 Å². The zero-order valence-electron chi connectivity index (χ0n) is 19.1. The second-order valence-corrected chi connectivity index (χ2v) is 11.5. The van der Waals surface area contributed by atoms with Gasteiger partial charge in [-0.05, 0) is 0 Å². The van der Waals surface area contributed by atoms with Crippen molar-refractivity contribution < 1.29 is 23.2 Å². The Bertz CT molecular complexity index is 1480. The van der Waals surface area contributed by atoms with E-state index in [4.69, 9.17) is 0 Å². The van der Waals surface area contributed by atoms with Crippen molar-refractivity contribution in [2.75, 3.05) is 0 Å². The first-order valence-corrected chi connectivity index (χ1v) is 13.6. The van der Waals surface area contributed by atoms with Gasteiger partial charge in [-0.3, -0.25) is 0 Å².